The molecule has 7 heteroatoms. The molecule has 30 heavy (non-hydrogen) atoms. The van der Waals surface area contributed by atoms with Crippen LogP contribution in [0, 0.1) is 28.6 Å². The molecule has 5 nitrogen and oxygen atoms in total. The third kappa shape index (κ3) is 3.42. The van der Waals surface area contributed by atoms with E-state index in [0.29, 0.717) is 29.6 Å². The smallest absolute Gasteiger partial charge is 0.243 e. The third-order valence-electron chi connectivity index (χ3n) is 7.37. The van der Waals surface area contributed by atoms with Crippen molar-refractivity contribution < 1.29 is 8.78 Å². The number of alkyl halides is 2. The molecular weight excluding hydrogens is 384 g/mol. The van der Waals surface area contributed by atoms with Crippen LogP contribution in [0.1, 0.15) is 18.4 Å². The van der Waals surface area contributed by atoms with E-state index in [2.05, 4.69) is 26.2 Å². The fourth-order valence-electron chi connectivity index (χ4n) is 5.75. The summed E-state index contributed by atoms with van der Waals surface area (Å²) in [4.78, 5) is 8.86. The molecule has 1 aromatic carbocycles. The number of nitriles is 1. The first-order valence-corrected chi connectivity index (χ1v) is 10.8. The van der Waals surface area contributed by atoms with Crippen molar-refractivity contribution in [3.8, 4) is 6.07 Å². The van der Waals surface area contributed by atoms with Crippen LogP contribution in [-0.2, 0) is 0 Å². The number of aromatic nitrogens is 1. The first kappa shape index (κ1) is 19.7. The Bertz CT molecular complexity index is 966. The summed E-state index contributed by atoms with van der Waals surface area (Å²) in [6.07, 6.45) is 1.71. The Morgan fingerprint density at radius 2 is 2.17 bits per heavy atom. The van der Waals surface area contributed by atoms with Crippen molar-refractivity contribution in [1.82, 2.24) is 15.2 Å². The maximum atomic E-state index is 14.0. The molecule has 1 aromatic heterocycles. The van der Waals surface area contributed by atoms with Crippen molar-refractivity contribution in [1.29, 1.82) is 5.26 Å². The highest BCUT2D eigenvalue weighted by Gasteiger charge is 2.44. The van der Waals surface area contributed by atoms with E-state index < -0.39 is 12.3 Å². The quantitative estimate of drug-likeness (QED) is 0.838. The lowest BCUT2D eigenvalue weighted by Gasteiger charge is -2.26. The van der Waals surface area contributed by atoms with Gasteiger partial charge in [-0.1, -0.05) is 0 Å². The topological polar surface area (TPSA) is 55.2 Å². The van der Waals surface area contributed by atoms with Gasteiger partial charge in [0.2, 0.25) is 6.43 Å². The Kier molecular flexibility index (Phi) is 5.08. The van der Waals surface area contributed by atoms with Crippen LogP contribution in [0.3, 0.4) is 0 Å². The average molecular weight is 412 g/mol. The number of nitrogens with zero attached hydrogens (tertiary/aromatic N) is 4. The minimum atomic E-state index is -2.33. The number of anilines is 1. The molecule has 3 aliphatic heterocycles. The van der Waals surface area contributed by atoms with Crippen molar-refractivity contribution in [2.75, 3.05) is 50.7 Å². The average Bonchev–Trinajstić information content (AvgIpc) is 3.49. The van der Waals surface area contributed by atoms with E-state index >= 15 is 0 Å². The molecule has 1 spiro atoms. The largest absolute Gasteiger partial charge is 0.370 e. The van der Waals surface area contributed by atoms with E-state index in [1.807, 2.05) is 18.2 Å². The molecule has 0 bridgehead atoms. The molecule has 3 aliphatic rings. The zero-order valence-corrected chi connectivity index (χ0v) is 17.0. The summed E-state index contributed by atoms with van der Waals surface area (Å²) in [5.41, 5.74) is 2.42. The summed E-state index contributed by atoms with van der Waals surface area (Å²) in [6.45, 7) is 5.87. The third-order valence-corrected chi connectivity index (χ3v) is 7.37. The second-order valence-electron chi connectivity index (χ2n) is 9.22. The maximum absolute atomic E-state index is 14.0. The molecule has 1 unspecified atom stereocenters. The van der Waals surface area contributed by atoms with E-state index in [0.717, 1.165) is 43.8 Å². The zero-order chi connectivity index (χ0) is 20.7. The highest BCUT2D eigenvalue weighted by Crippen LogP contribution is 2.40. The second kappa shape index (κ2) is 7.75. The van der Waals surface area contributed by atoms with Crippen molar-refractivity contribution >= 4 is 16.6 Å². The van der Waals surface area contributed by atoms with Crippen LogP contribution in [-0.4, -0.2) is 62.1 Å². The first-order valence-electron chi connectivity index (χ1n) is 10.8. The molecule has 5 rings (SSSR count). The van der Waals surface area contributed by atoms with Crippen LogP contribution in [0.25, 0.3) is 10.9 Å². The summed E-state index contributed by atoms with van der Waals surface area (Å²) >= 11 is 0. The minimum absolute atomic E-state index is 0.0584. The molecule has 1 N–H and O–H groups in total. The Labute approximate surface area is 175 Å². The van der Waals surface area contributed by atoms with Gasteiger partial charge >= 0.3 is 0 Å². The molecule has 3 fully saturated rings. The van der Waals surface area contributed by atoms with Gasteiger partial charge in [-0.25, -0.2) is 8.78 Å². The van der Waals surface area contributed by atoms with Crippen LogP contribution in [0.4, 0.5) is 14.5 Å². The summed E-state index contributed by atoms with van der Waals surface area (Å²) in [5, 5.41) is 13.7. The SMILES string of the molecule is N#Cc1ccc(N2C[C@H](CN3CCC4(CCNC4)C3)[C@@H](C(F)F)C2)c2cccnc12. The molecule has 2 aromatic rings. The van der Waals surface area contributed by atoms with E-state index in [9.17, 15) is 14.0 Å². The summed E-state index contributed by atoms with van der Waals surface area (Å²) in [5.74, 6) is -0.692. The number of likely N-dealkylation sites (tertiary alicyclic amines) is 1. The standard InChI is InChI=1S/C23H27F2N5/c24-22(25)19-13-30(20-4-3-16(10-26)21-18(20)2-1-7-28-21)12-17(19)11-29-9-6-23(15-29)5-8-27-14-23/h1-4,7,17,19,22,27H,5-6,8-9,11-15H2/t17-,19-,23?/m0/s1. The summed E-state index contributed by atoms with van der Waals surface area (Å²) in [7, 11) is 0. The zero-order valence-electron chi connectivity index (χ0n) is 17.0. The Hall–Kier alpha value is -2.30. The van der Waals surface area contributed by atoms with Crippen molar-refractivity contribution in [3.63, 3.8) is 0 Å². The van der Waals surface area contributed by atoms with Gasteiger partial charge in [0.05, 0.1) is 11.1 Å². The number of hydrogen-bond donors (Lipinski definition) is 1. The molecular formula is C23H27F2N5. The van der Waals surface area contributed by atoms with Crippen LogP contribution in [0.5, 0.6) is 0 Å². The van der Waals surface area contributed by atoms with E-state index in [1.54, 1.807) is 12.3 Å². The van der Waals surface area contributed by atoms with Crippen molar-refractivity contribution in [2.24, 2.45) is 17.3 Å². The molecule has 0 radical (unpaired) electrons. The molecule has 3 saturated heterocycles. The number of benzene rings is 1. The Morgan fingerprint density at radius 1 is 1.27 bits per heavy atom. The van der Waals surface area contributed by atoms with Gasteiger partial charge in [0.1, 0.15) is 6.07 Å². The Balaban J connectivity index is 1.37. The lowest BCUT2D eigenvalue weighted by atomic mass is 9.86. The minimum Gasteiger partial charge on any atom is -0.370 e. The van der Waals surface area contributed by atoms with Gasteiger partial charge in [-0.3, -0.25) is 4.98 Å². The van der Waals surface area contributed by atoms with E-state index in [4.69, 9.17) is 0 Å². The molecule has 4 heterocycles. The van der Waals surface area contributed by atoms with Gasteiger partial charge in [-0.15, -0.1) is 0 Å². The summed E-state index contributed by atoms with van der Waals surface area (Å²) < 4.78 is 27.9. The number of rotatable bonds is 4. The second-order valence-corrected chi connectivity index (χ2v) is 9.22. The van der Waals surface area contributed by atoms with Gasteiger partial charge in [0.15, 0.2) is 0 Å². The number of fused-ring (bicyclic) bond motifs is 1. The van der Waals surface area contributed by atoms with Gasteiger partial charge in [-0.2, -0.15) is 5.26 Å². The summed E-state index contributed by atoms with van der Waals surface area (Å²) in [6, 6.07) is 9.60. The van der Waals surface area contributed by atoms with Gasteiger partial charge < -0.3 is 15.1 Å². The molecule has 0 aliphatic carbocycles. The highest BCUT2D eigenvalue weighted by atomic mass is 19.3. The Morgan fingerprint density at radius 3 is 2.93 bits per heavy atom. The van der Waals surface area contributed by atoms with E-state index in [1.165, 1.54) is 12.8 Å². The van der Waals surface area contributed by atoms with Crippen LogP contribution in [0.15, 0.2) is 30.5 Å². The monoisotopic (exact) mass is 411 g/mol. The lowest BCUT2D eigenvalue weighted by Crippen LogP contribution is -2.35. The molecule has 0 saturated carbocycles. The number of halogens is 2. The fourth-order valence-corrected chi connectivity index (χ4v) is 5.75. The maximum Gasteiger partial charge on any atom is 0.243 e. The van der Waals surface area contributed by atoms with Crippen LogP contribution in [0.2, 0.25) is 0 Å². The van der Waals surface area contributed by atoms with Crippen LogP contribution < -0.4 is 10.2 Å². The molecule has 3 atom stereocenters. The predicted octanol–water partition coefficient (Wildman–Crippen LogP) is 3.11. The van der Waals surface area contributed by atoms with E-state index in [-0.39, 0.29) is 5.92 Å². The molecule has 158 valence electrons. The van der Waals surface area contributed by atoms with Crippen LogP contribution >= 0.6 is 0 Å². The predicted molar refractivity (Wildman–Crippen MR) is 113 cm³/mol. The van der Waals surface area contributed by atoms with Crippen molar-refractivity contribution in [3.05, 3.63) is 36.0 Å². The number of hydrogen-bond acceptors (Lipinski definition) is 5. The van der Waals surface area contributed by atoms with Gasteiger partial charge in [-0.05, 0) is 61.5 Å². The first-order chi connectivity index (χ1) is 14.6. The number of pyridine rings is 1. The van der Waals surface area contributed by atoms with Gasteiger partial charge in [0, 0.05) is 55.9 Å². The normalized spacial score (nSPS) is 29.5. The number of nitrogens with one attached hydrogen (secondary N) is 1. The lowest BCUT2D eigenvalue weighted by molar-refractivity contribution is 0.0551. The van der Waals surface area contributed by atoms with Crippen molar-refractivity contribution in [2.45, 2.75) is 19.3 Å². The van der Waals surface area contributed by atoms with Gasteiger partial charge in [0.25, 0.3) is 0 Å². The highest BCUT2D eigenvalue weighted by molar-refractivity contribution is 5.95. The fraction of sp³-hybridized carbons (Fsp3) is 0.565. The molecule has 0 amide bonds.